The molecule has 2 saturated heterocycles. The molecule has 2 atom stereocenters. The van der Waals surface area contributed by atoms with Gasteiger partial charge in [-0.15, -0.1) is 24.0 Å². The molecule has 0 radical (unpaired) electrons. The Morgan fingerprint density at radius 1 is 1.03 bits per heavy atom. The fourth-order valence-electron chi connectivity index (χ4n) is 4.43. The largest absolute Gasteiger partial charge is 0.383 e. The molecule has 2 unspecified atom stereocenters. The molecule has 0 aromatic heterocycles. The van der Waals surface area contributed by atoms with Crippen LogP contribution < -0.4 is 10.6 Å². The van der Waals surface area contributed by atoms with Gasteiger partial charge in [0.2, 0.25) is 0 Å². The number of likely N-dealkylation sites (tertiary alicyclic amines) is 2. The highest BCUT2D eigenvalue weighted by Gasteiger charge is 2.26. The van der Waals surface area contributed by atoms with Crippen molar-refractivity contribution in [3.8, 4) is 0 Å². The average Bonchev–Trinajstić information content (AvgIpc) is 3.36. The Morgan fingerprint density at radius 2 is 1.66 bits per heavy atom. The summed E-state index contributed by atoms with van der Waals surface area (Å²) in [6.07, 6.45) is 5.06. The highest BCUT2D eigenvalue weighted by atomic mass is 127. The Labute approximate surface area is 193 Å². The minimum absolute atomic E-state index is 0. The molecule has 0 amide bonds. The predicted molar refractivity (Wildman–Crippen MR) is 131 cm³/mol. The number of ether oxygens (including phenoxy) is 1. The molecule has 2 N–H and O–H groups in total. The Bertz CT molecular complexity index is 600. The first kappa shape index (κ1) is 24.4. The average molecular weight is 515 g/mol. The number of hydrogen-bond acceptors (Lipinski definition) is 4. The zero-order valence-electron chi connectivity index (χ0n) is 18.0. The van der Waals surface area contributed by atoms with Crippen LogP contribution in [0.3, 0.4) is 0 Å². The molecule has 7 heteroatoms. The molecule has 164 valence electrons. The maximum Gasteiger partial charge on any atom is 0.191 e. The van der Waals surface area contributed by atoms with Crippen LogP contribution in [0.25, 0.3) is 0 Å². The van der Waals surface area contributed by atoms with E-state index in [0.29, 0.717) is 12.1 Å². The van der Waals surface area contributed by atoms with Crippen LogP contribution in [0.2, 0.25) is 0 Å². The van der Waals surface area contributed by atoms with Gasteiger partial charge in [-0.3, -0.25) is 14.8 Å². The van der Waals surface area contributed by atoms with Gasteiger partial charge >= 0.3 is 0 Å². The first-order valence-electron chi connectivity index (χ1n) is 10.8. The summed E-state index contributed by atoms with van der Waals surface area (Å²) in [5.74, 6) is 0.921. The maximum atomic E-state index is 5.24. The highest BCUT2D eigenvalue weighted by molar-refractivity contribution is 14.0. The molecule has 6 nitrogen and oxygen atoms in total. The number of methoxy groups -OCH3 is 1. The summed E-state index contributed by atoms with van der Waals surface area (Å²) in [7, 11) is 3.64. The molecule has 1 aromatic carbocycles. The lowest BCUT2D eigenvalue weighted by Crippen LogP contribution is -2.48. The van der Waals surface area contributed by atoms with Crippen molar-refractivity contribution in [2.45, 2.75) is 44.3 Å². The Kier molecular flexibility index (Phi) is 11.3. The fourth-order valence-corrected chi connectivity index (χ4v) is 4.43. The minimum atomic E-state index is 0. The molecule has 0 saturated carbocycles. The lowest BCUT2D eigenvalue weighted by atomic mass is 10.2. The van der Waals surface area contributed by atoms with Gasteiger partial charge in [0.1, 0.15) is 0 Å². The van der Waals surface area contributed by atoms with Gasteiger partial charge < -0.3 is 15.4 Å². The number of guanidine groups is 1. The summed E-state index contributed by atoms with van der Waals surface area (Å²) in [6, 6.07) is 11.9. The molecule has 3 rings (SSSR count). The smallest absolute Gasteiger partial charge is 0.191 e. The van der Waals surface area contributed by atoms with Gasteiger partial charge in [-0.05, 0) is 44.3 Å². The highest BCUT2D eigenvalue weighted by Crippen LogP contribution is 2.19. The van der Waals surface area contributed by atoms with Gasteiger partial charge in [0.25, 0.3) is 0 Å². The molecule has 2 aliphatic rings. The zero-order valence-corrected chi connectivity index (χ0v) is 20.3. The van der Waals surface area contributed by atoms with Crippen LogP contribution in [0.4, 0.5) is 0 Å². The number of hydrogen-bond donors (Lipinski definition) is 2. The quantitative estimate of drug-likeness (QED) is 0.301. The van der Waals surface area contributed by atoms with E-state index in [0.717, 1.165) is 38.7 Å². The summed E-state index contributed by atoms with van der Waals surface area (Å²) in [4.78, 5) is 9.57. The van der Waals surface area contributed by atoms with Crippen LogP contribution in [0, 0.1) is 0 Å². The molecule has 0 spiro atoms. The van der Waals surface area contributed by atoms with E-state index in [4.69, 9.17) is 4.74 Å². The second kappa shape index (κ2) is 13.4. The summed E-state index contributed by atoms with van der Waals surface area (Å²) < 4.78 is 5.24. The van der Waals surface area contributed by atoms with Crippen LogP contribution >= 0.6 is 24.0 Å². The fraction of sp³-hybridized carbons (Fsp3) is 0.682. The number of rotatable bonds is 9. The van der Waals surface area contributed by atoms with Gasteiger partial charge in [-0.2, -0.15) is 0 Å². The molecular formula is C22H38IN5O. The minimum Gasteiger partial charge on any atom is -0.383 e. The van der Waals surface area contributed by atoms with Crippen LogP contribution in [-0.4, -0.2) is 81.3 Å². The van der Waals surface area contributed by atoms with E-state index in [9.17, 15) is 0 Å². The molecular weight excluding hydrogens is 477 g/mol. The molecule has 0 bridgehead atoms. The van der Waals surface area contributed by atoms with Crippen LogP contribution in [0.5, 0.6) is 0 Å². The lowest BCUT2D eigenvalue weighted by molar-refractivity contribution is 0.141. The Balaban J connectivity index is 0.00000300. The summed E-state index contributed by atoms with van der Waals surface area (Å²) in [5, 5.41) is 7.11. The van der Waals surface area contributed by atoms with Crippen LogP contribution in [0.15, 0.2) is 35.3 Å². The van der Waals surface area contributed by atoms with Crippen LogP contribution in [0.1, 0.15) is 31.2 Å². The summed E-state index contributed by atoms with van der Waals surface area (Å²) in [6.45, 7) is 7.12. The van der Waals surface area contributed by atoms with Gasteiger partial charge in [0, 0.05) is 52.4 Å². The number of benzene rings is 1. The normalized spacial score (nSPS) is 23.2. The number of halogens is 1. The van der Waals surface area contributed by atoms with Crippen molar-refractivity contribution in [3.05, 3.63) is 35.9 Å². The van der Waals surface area contributed by atoms with E-state index in [1.54, 1.807) is 7.11 Å². The zero-order chi connectivity index (χ0) is 19.6. The molecule has 0 aliphatic carbocycles. The standard InChI is InChI=1S/C22H37N5O.HI/c1-23-22(24-16-20-10-6-12-26(20)14-15-28-2)25-17-21-11-7-13-27(21)18-19-8-4-3-5-9-19;/h3-5,8-9,20-21H,6-7,10-18H2,1-2H3,(H2,23,24,25);1H. The van der Waals surface area contributed by atoms with Gasteiger partial charge in [0.05, 0.1) is 6.61 Å². The number of nitrogens with one attached hydrogen (secondary N) is 2. The summed E-state index contributed by atoms with van der Waals surface area (Å²) in [5.41, 5.74) is 1.40. The monoisotopic (exact) mass is 515 g/mol. The van der Waals surface area contributed by atoms with Crippen molar-refractivity contribution < 1.29 is 4.74 Å². The van der Waals surface area contributed by atoms with Gasteiger partial charge in [-0.25, -0.2) is 0 Å². The second-order valence-electron chi connectivity index (χ2n) is 7.91. The third-order valence-electron chi connectivity index (χ3n) is 6.04. The molecule has 29 heavy (non-hydrogen) atoms. The molecule has 2 fully saturated rings. The van der Waals surface area contributed by atoms with E-state index in [2.05, 4.69) is 55.8 Å². The molecule has 1 aromatic rings. The van der Waals surface area contributed by atoms with E-state index >= 15 is 0 Å². The SMILES string of the molecule is CN=C(NCC1CCCN1CCOC)NCC1CCCN1Cc1ccccc1.I. The van der Waals surface area contributed by atoms with E-state index in [1.807, 2.05) is 7.05 Å². The first-order chi connectivity index (χ1) is 13.8. The topological polar surface area (TPSA) is 52.1 Å². The van der Waals surface area contributed by atoms with Crippen molar-refractivity contribution >= 4 is 29.9 Å². The van der Waals surface area contributed by atoms with E-state index in [-0.39, 0.29) is 24.0 Å². The van der Waals surface area contributed by atoms with E-state index < -0.39 is 0 Å². The summed E-state index contributed by atoms with van der Waals surface area (Å²) >= 11 is 0. The van der Waals surface area contributed by atoms with Crippen LogP contribution in [-0.2, 0) is 11.3 Å². The Hall–Kier alpha value is -0.900. The maximum absolute atomic E-state index is 5.24. The van der Waals surface area contributed by atoms with Crippen molar-refractivity contribution in [3.63, 3.8) is 0 Å². The second-order valence-corrected chi connectivity index (χ2v) is 7.91. The lowest BCUT2D eigenvalue weighted by Gasteiger charge is -2.27. The van der Waals surface area contributed by atoms with Crippen molar-refractivity contribution in [2.24, 2.45) is 4.99 Å². The van der Waals surface area contributed by atoms with Gasteiger partial charge in [-0.1, -0.05) is 30.3 Å². The number of aliphatic imine (C=N–C) groups is 1. The van der Waals surface area contributed by atoms with Crippen molar-refractivity contribution in [1.82, 2.24) is 20.4 Å². The number of nitrogens with zero attached hydrogens (tertiary/aromatic N) is 3. The Morgan fingerprint density at radius 3 is 2.28 bits per heavy atom. The third kappa shape index (κ3) is 7.70. The predicted octanol–water partition coefficient (Wildman–Crippen LogP) is 2.54. The van der Waals surface area contributed by atoms with E-state index in [1.165, 1.54) is 44.3 Å². The van der Waals surface area contributed by atoms with Crippen molar-refractivity contribution in [2.75, 3.05) is 53.5 Å². The third-order valence-corrected chi connectivity index (χ3v) is 6.04. The van der Waals surface area contributed by atoms with Crippen molar-refractivity contribution in [1.29, 1.82) is 0 Å². The first-order valence-corrected chi connectivity index (χ1v) is 10.8. The molecule has 2 heterocycles. The van der Waals surface area contributed by atoms with Gasteiger partial charge in [0.15, 0.2) is 5.96 Å². The molecule has 2 aliphatic heterocycles.